The minimum Gasteiger partial charge on any atom is -0.489 e. The molecule has 2 atom stereocenters. The van der Waals surface area contributed by atoms with Gasteiger partial charge in [-0.2, -0.15) is 5.10 Å². The number of hydrogen-bond donors (Lipinski definition) is 1. The molecule has 0 spiro atoms. The molecular formula is C14H25N3O. The van der Waals surface area contributed by atoms with Crippen LogP contribution in [-0.4, -0.2) is 29.0 Å². The summed E-state index contributed by atoms with van der Waals surface area (Å²) in [5.41, 5.74) is 0. The summed E-state index contributed by atoms with van der Waals surface area (Å²) in [6.45, 7) is 6.96. The molecule has 0 aliphatic heterocycles. The van der Waals surface area contributed by atoms with E-state index in [1.165, 1.54) is 25.7 Å². The van der Waals surface area contributed by atoms with Crippen molar-refractivity contribution in [1.82, 2.24) is 15.1 Å². The van der Waals surface area contributed by atoms with E-state index >= 15 is 0 Å². The van der Waals surface area contributed by atoms with Crippen LogP contribution in [0.15, 0.2) is 12.4 Å². The molecule has 0 saturated heterocycles. The van der Waals surface area contributed by atoms with Crippen molar-refractivity contribution >= 4 is 0 Å². The highest BCUT2D eigenvalue weighted by atomic mass is 16.5. The SMILES string of the molecule is CCn1cc(OCCNC2CCCC(C)C2)cn1. The van der Waals surface area contributed by atoms with Crippen molar-refractivity contribution in [2.24, 2.45) is 5.92 Å². The third-order valence-electron chi connectivity index (χ3n) is 3.67. The fourth-order valence-corrected chi connectivity index (χ4v) is 2.64. The highest BCUT2D eigenvalue weighted by molar-refractivity contribution is 5.11. The third kappa shape index (κ3) is 4.02. The second-order valence-corrected chi connectivity index (χ2v) is 5.30. The molecule has 2 unspecified atom stereocenters. The van der Waals surface area contributed by atoms with Crippen molar-refractivity contribution in [3.8, 4) is 5.75 Å². The van der Waals surface area contributed by atoms with Gasteiger partial charge in [-0.05, 0) is 25.7 Å². The smallest absolute Gasteiger partial charge is 0.157 e. The van der Waals surface area contributed by atoms with E-state index in [1.807, 2.05) is 10.9 Å². The highest BCUT2D eigenvalue weighted by Crippen LogP contribution is 2.23. The Kier molecular flexibility index (Phi) is 5.05. The number of hydrogen-bond acceptors (Lipinski definition) is 3. The van der Waals surface area contributed by atoms with Crippen LogP contribution in [0.5, 0.6) is 5.75 Å². The summed E-state index contributed by atoms with van der Waals surface area (Å²) < 4.78 is 7.54. The summed E-state index contributed by atoms with van der Waals surface area (Å²) >= 11 is 0. The van der Waals surface area contributed by atoms with Crippen LogP contribution < -0.4 is 10.1 Å². The Labute approximate surface area is 110 Å². The number of nitrogens with one attached hydrogen (secondary N) is 1. The average molecular weight is 251 g/mol. The van der Waals surface area contributed by atoms with Gasteiger partial charge in [0.1, 0.15) is 6.61 Å². The van der Waals surface area contributed by atoms with Gasteiger partial charge in [0, 0.05) is 19.1 Å². The quantitative estimate of drug-likeness (QED) is 0.789. The molecule has 0 radical (unpaired) electrons. The van der Waals surface area contributed by atoms with Crippen molar-refractivity contribution in [3.63, 3.8) is 0 Å². The summed E-state index contributed by atoms with van der Waals surface area (Å²) in [5.74, 6) is 1.75. The maximum atomic E-state index is 5.66. The zero-order chi connectivity index (χ0) is 12.8. The van der Waals surface area contributed by atoms with Gasteiger partial charge < -0.3 is 10.1 Å². The first-order valence-electron chi connectivity index (χ1n) is 7.16. The van der Waals surface area contributed by atoms with E-state index < -0.39 is 0 Å². The number of aromatic nitrogens is 2. The van der Waals surface area contributed by atoms with Crippen molar-refractivity contribution in [2.75, 3.05) is 13.2 Å². The number of nitrogens with zero attached hydrogens (tertiary/aromatic N) is 2. The predicted molar refractivity (Wildman–Crippen MR) is 72.8 cm³/mol. The van der Waals surface area contributed by atoms with Gasteiger partial charge in [0.2, 0.25) is 0 Å². The van der Waals surface area contributed by atoms with Gasteiger partial charge in [-0.25, -0.2) is 0 Å². The Hall–Kier alpha value is -1.03. The molecule has 4 nitrogen and oxygen atoms in total. The molecule has 2 rings (SSSR count). The monoisotopic (exact) mass is 251 g/mol. The largest absolute Gasteiger partial charge is 0.489 e. The normalized spacial score (nSPS) is 24.1. The Morgan fingerprint density at radius 3 is 3.11 bits per heavy atom. The van der Waals surface area contributed by atoms with Gasteiger partial charge in [0.15, 0.2) is 5.75 Å². The van der Waals surface area contributed by atoms with Crippen LogP contribution in [0.1, 0.15) is 39.5 Å². The summed E-state index contributed by atoms with van der Waals surface area (Å²) in [6, 6.07) is 0.690. The molecule has 1 aliphatic carbocycles. The number of aryl methyl sites for hydroxylation is 1. The first-order valence-corrected chi connectivity index (χ1v) is 7.16. The molecule has 102 valence electrons. The second-order valence-electron chi connectivity index (χ2n) is 5.30. The molecule has 0 bridgehead atoms. The lowest BCUT2D eigenvalue weighted by Gasteiger charge is -2.27. The van der Waals surface area contributed by atoms with Crippen molar-refractivity contribution in [2.45, 2.75) is 52.1 Å². The predicted octanol–water partition coefficient (Wildman–Crippen LogP) is 2.45. The standard InChI is InChI=1S/C14H25N3O/c1-3-17-11-14(10-16-17)18-8-7-15-13-6-4-5-12(2)9-13/h10-13,15H,3-9H2,1-2H3. The lowest BCUT2D eigenvalue weighted by molar-refractivity contribution is 0.266. The molecule has 1 fully saturated rings. The van der Waals surface area contributed by atoms with E-state index in [-0.39, 0.29) is 0 Å². The third-order valence-corrected chi connectivity index (χ3v) is 3.67. The zero-order valence-electron chi connectivity index (χ0n) is 11.6. The summed E-state index contributed by atoms with van der Waals surface area (Å²) in [6.07, 6.45) is 9.12. The fraction of sp³-hybridized carbons (Fsp3) is 0.786. The van der Waals surface area contributed by atoms with Gasteiger partial charge in [0.25, 0.3) is 0 Å². The van der Waals surface area contributed by atoms with E-state index in [2.05, 4.69) is 24.3 Å². The van der Waals surface area contributed by atoms with Gasteiger partial charge in [-0.1, -0.05) is 19.8 Å². The van der Waals surface area contributed by atoms with Gasteiger partial charge in [-0.15, -0.1) is 0 Å². The van der Waals surface area contributed by atoms with Crippen LogP contribution in [0.4, 0.5) is 0 Å². The van der Waals surface area contributed by atoms with Crippen LogP contribution in [0.2, 0.25) is 0 Å². The first kappa shape index (κ1) is 13.4. The summed E-state index contributed by atoms with van der Waals surface area (Å²) in [4.78, 5) is 0. The van der Waals surface area contributed by atoms with Gasteiger partial charge in [0.05, 0.1) is 12.4 Å². The maximum Gasteiger partial charge on any atom is 0.157 e. The molecule has 0 amide bonds. The molecule has 1 N–H and O–H groups in total. The Bertz CT molecular complexity index is 351. The van der Waals surface area contributed by atoms with Crippen LogP contribution in [-0.2, 0) is 6.54 Å². The topological polar surface area (TPSA) is 39.1 Å². The van der Waals surface area contributed by atoms with Crippen molar-refractivity contribution < 1.29 is 4.74 Å². The first-order chi connectivity index (χ1) is 8.78. The molecule has 0 aromatic carbocycles. The van der Waals surface area contributed by atoms with Crippen LogP contribution in [0.3, 0.4) is 0 Å². The van der Waals surface area contributed by atoms with E-state index in [0.717, 1.165) is 31.4 Å². The molecule has 1 aliphatic rings. The minimum absolute atomic E-state index is 0.690. The molecule has 4 heteroatoms. The Morgan fingerprint density at radius 2 is 2.39 bits per heavy atom. The minimum atomic E-state index is 0.690. The Balaban J connectivity index is 1.60. The molecular weight excluding hydrogens is 226 g/mol. The second kappa shape index (κ2) is 6.78. The maximum absolute atomic E-state index is 5.66. The van der Waals surface area contributed by atoms with E-state index in [0.29, 0.717) is 6.04 Å². The van der Waals surface area contributed by atoms with Gasteiger partial charge in [-0.3, -0.25) is 4.68 Å². The molecule has 1 heterocycles. The summed E-state index contributed by atoms with van der Waals surface area (Å²) in [7, 11) is 0. The lowest BCUT2D eigenvalue weighted by Crippen LogP contribution is -2.36. The molecule has 18 heavy (non-hydrogen) atoms. The molecule has 1 aromatic rings. The molecule has 1 saturated carbocycles. The average Bonchev–Trinajstić information content (AvgIpc) is 2.83. The van der Waals surface area contributed by atoms with Crippen LogP contribution >= 0.6 is 0 Å². The zero-order valence-corrected chi connectivity index (χ0v) is 11.6. The van der Waals surface area contributed by atoms with E-state index in [1.54, 1.807) is 6.20 Å². The number of rotatable bonds is 6. The highest BCUT2D eigenvalue weighted by Gasteiger charge is 2.17. The lowest BCUT2D eigenvalue weighted by atomic mass is 9.87. The van der Waals surface area contributed by atoms with Crippen molar-refractivity contribution in [1.29, 1.82) is 0 Å². The van der Waals surface area contributed by atoms with Crippen molar-refractivity contribution in [3.05, 3.63) is 12.4 Å². The van der Waals surface area contributed by atoms with Gasteiger partial charge >= 0.3 is 0 Å². The number of ether oxygens (including phenoxy) is 1. The van der Waals surface area contributed by atoms with Crippen LogP contribution in [0.25, 0.3) is 0 Å². The Morgan fingerprint density at radius 1 is 1.50 bits per heavy atom. The van der Waals surface area contributed by atoms with E-state index in [4.69, 9.17) is 4.74 Å². The van der Waals surface area contributed by atoms with Crippen LogP contribution in [0, 0.1) is 5.92 Å². The fourth-order valence-electron chi connectivity index (χ4n) is 2.64. The molecule has 1 aromatic heterocycles. The summed E-state index contributed by atoms with van der Waals surface area (Å²) in [5, 5.41) is 7.78. The van der Waals surface area contributed by atoms with E-state index in [9.17, 15) is 0 Å².